The lowest BCUT2D eigenvalue weighted by molar-refractivity contribution is 0.0177. The number of benzene rings is 1. The van der Waals surface area contributed by atoms with Crippen molar-refractivity contribution in [2.75, 3.05) is 45.6 Å². The maximum absolute atomic E-state index is 13.7. The first-order valence-corrected chi connectivity index (χ1v) is 13.8. The number of hydrogen-bond donors (Lipinski definition) is 1. The second-order valence-corrected chi connectivity index (χ2v) is 12.2. The molecule has 37 heavy (non-hydrogen) atoms. The van der Waals surface area contributed by atoms with Gasteiger partial charge in [0, 0.05) is 55.9 Å². The quantitative estimate of drug-likeness (QED) is 0.521. The summed E-state index contributed by atoms with van der Waals surface area (Å²) >= 11 is 0. The van der Waals surface area contributed by atoms with Crippen molar-refractivity contribution in [2.24, 2.45) is 0 Å². The third kappa shape index (κ3) is 7.98. The molecule has 1 aliphatic heterocycles. The molecule has 1 amide bonds. The minimum absolute atomic E-state index is 0.210. The fourth-order valence-electron chi connectivity index (χ4n) is 3.94. The van der Waals surface area contributed by atoms with Crippen molar-refractivity contribution in [1.29, 1.82) is 0 Å². The number of ether oxygens (including phenoxy) is 1. The third-order valence-corrected chi connectivity index (χ3v) is 7.88. The number of likely N-dealkylation sites (N-methyl/N-ethyl adjacent to an activating group) is 1. The van der Waals surface area contributed by atoms with Gasteiger partial charge in [0.2, 0.25) is 16.0 Å². The zero-order valence-corrected chi connectivity index (χ0v) is 23.2. The van der Waals surface area contributed by atoms with Crippen LogP contribution in [0.5, 0.6) is 0 Å². The molecule has 202 valence electrons. The number of piperidine rings is 1. The second kappa shape index (κ2) is 12.0. The van der Waals surface area contributed by atoms with E-state index < -0.39 is 15.6 Å². The van der Waals surface area contributed by atoms with Crippen molar-refractivity contribution in [3.8, 4) is 0 Å². The highest BCUT2D eigenvalue weighted by atomic mass is 32.2. The van der Waals surface area contributed by atoms with Crippen molar-refractivity contribution in [3.05, 3.63) is 48.8 Å². The van der Waals surface area contributed by atoms with Gasteiger partial charge < -0.3 is 19.9 Å². The standard InChI is InChI=1S/C26H38N6O4S/c1-7-20-18-27-24(28-19-20)29-21-8-10-23(11-9-21)37(34,35)32(17-16-30(5)6)22-12-14-31(15-13-22)25(33)36-26(2,3)4/h7-11,18-19,22H,1,12-17H2,2-6H3,(H,27,28,29). The molecule has 1 aromatic carbocycles. The van der Waals surface area contributed by atoms with Crippen LogP contribution in [0.25, 0.3) is 6.08 Å². The number of amides is 1. The fraction of sp³-hybridized carbons (Fsp3) is 0.500. The molecule has 0 unspecified atom stereocenters. The Balaban J connectivity index is 1.73. The van der Waals surface area contributed by atoms with Gasteiger partial charge in [-0.3, -0.25) is 0 Å². The van der Waals surface area contributed by atoms with E-state index in [1.54, 1.807) is 51.9 Å². The number of carbonyl (C=O) groups excluding carboxylic acids is 1. The van der Waals surface area contributed by atoms with E-state index >= 15 is 0 Å². The molecule has 1 saturated heterocycles. The number of likely N-dealkylation sites (tertiary alicyclic amines) is 1. The van der Waals surface area contributed by atoms with Crippen LogP contribution in [0.2, 0.25) is 0 Å². The Hall–Kier alpha value is -3.02. The number of sulfonamides is 1. The zero-order valence-electron chi connectivity index (χ0n) is 22.3. The lowest BCUT2D eigenvalue weighted by Crippen LogP contribution is -2.50. The van der Waals surface area contributed by atoms with Gasteiger partial charge in [-0.15, -0.1) is 0 Å². The Morgan fingerprint density at radius 1 is 1.14 bits per heavy atom. The molecule has 1 fully saturated rings. The first kappa shape index (κ1) is 28.5. The molecule has 11 heteroatoms. The highest BCUT2D eigenvalue weighted by molar-refractivity contribution is 7.89. The number of anilines is 2. The number of carbonyl (C=O) groups is 1. The van der Waals surface area contributed by atoms with Crippen LogP contribution in [0.3, 0.4) is 0 Å². The van der Waals surface area contributed by atoms with Crippen LogP contribution in [-0.4, -0.2) is 90.5 Å². The average molecular weight is 531 g/mol. The summed E-state index contributed by atoms with van der Waals surface area (Å²) in [5.41, 5.74) is 0.912. The van der Waals surface area contributed by atoms with Crippen molar-refractivity contribution >= 4 is 33.8 Å². The summed E-state index contributed by atoms with van der Waals surface area (Å²) in [6.07, 6.45) is 5.69. The van der Waals surface area contributed by atoms with Gasteiger partial charge in [-0.25, -0.2) is 23.2 Å². The minimum atomic E-state index is -3.76. The van der Waals surface area contributed by atoms with E-state index in [0.29, 0.717) is 50.7 Å². The molecule has 0 atom stereocenters. The number of rotatable bonds is 9. The van der Waals surface area contributed by atoms with Gasteiger partial charge in [0.15, 0.2) is 0 Å². The van der Waals surface area contributed by atoms with Crippen molar-refractivity contribution < 1.29 is 17.9 Å². The Morgan fingerprint density at radius 3 is 2.24 bits per heavy atom. The van der Waals surface area contributed by atoms with E-state index in [2.05, 4.69) is 21.9 Å². The van der Waals surface area contributed by atoms with E-state index in [1.165, 1.54) is 0 Å². The summed E-state index contributed by atoms with van der Waals surface area (Å²) < 4.78 is 34.5. The van der Waals surface area contributed by atoms with Crippen LogP contribution in [0.1, 0.15) is 39.2 Å². The van der Waals surface area contributed by atoms with Crippen molar-refractivity contribution in [2.45, 2.75) is 50.2 Å². The second-order valence-electron chi connectivity index (χ2n) is 10.3. The van der Waals surface area contributed by atoms with E-state index in [9.17, 15) is 13.2 Å². The molecule has 1 aromatic heterocycles. The summed E-state index contributed by atoms with van der Waals surface area (Å²) in [6, 6.07) is 6.38. The van der Waals surface area contributed by atoms with Crippen LogP contribution in [0.15, 0.2) is 48.1 Å². The monoisotopic (exact) mass is 530 g/mol. The topological polar surface area (TPSA) is 108 Å². The Labute approximate surface area is 220 Å². The molecular weight excluding hydrogens is 492 g/mol. The van der Waals surface area contributed by atoms with Crippen LogP contribution in [-0.2, 0) is 14.8 Å². The molecule has 0 saturated carbocycles. The Bertz CT molecular complexity index is 1150. The molecule has 0 bridgehead atoms. The van der Waals surface area contributed by atoms with Gasteiger partial charge in [0.25, 0.3) is 0 Å². The van der Waals surface area contributed by atoms with Crippen LogP contribution in [0, 0.1) is 0 Å². The largest absolute Gasteiger partial charge is 0.444 e. The van der Waals surface area contributed by atoms with Crippen molar-refractivity contribution in [1.82, 2.24) is 24.1 Å². The number of aromatic nitrogens is 2. The molecule has 3 rings (SSSR count). The first-order valence-electron chi connectivity index (χ1n) is 12.3. The maximum Gasteiger partial charge on any atom is 0.410 e. The van der Waals surface area contributed by atoms with Gasteiger partial charge in [-0.1, -0.05) is 12.7 Å². The smallest absolute Gasteiger partial charge is 0.410 e. The fourth-order valence-corrected chi connectivity index (χ4v) is 5.62. The predicted molar refractivity (Wildman–Crippen MR) is 145 cm³/mol. The first-order chi connectivity index (χ1) is 17.4. The summed E-state index contributed by atoms with van der Waals surface area (Å²) in [4.78, 5) is 24.7. The van der Waals surface area contributed by atoms with Gasteiger partial charge in [-0.05, 0) is 72.0 Å². The van der Waals surface area contributed by atoms with E-state index in [0.717, 1.165) is 5.56 Å². The molecule has 1 aliphatic rings. The number of nitrogens with zero attached hydrogens (tertiary/aromatic N) is 5. The van der Waals surface area contributed by atoms with Gasteiger partial charge in [-0.2, -0.15) is 4.31 Å². The normalized spacial score (nSPS) is 15.2. The van der Waals surface area contributed by atoms with E-state index in [4.69, 9.17) is 4.74 Å². The molecular formula is C26H38N6O4S. The van der Waals surface area contributed by atoms with Gasteiger partial charge in [0.1, 0.15) is 5.60 Å². The van der Waals surface area contributed by atoms with Gasteiger partial charge >= 0.3 is 6.09 Å². The maximum atomic E-state index is 13.7. The minimum Gasteiger partial charge on any atom is -0.444 e. The highest BCUT2D eigenvalue weighted by Gasteiger charge is 2.35. The number of nitrogens with one attached hydrogen (secondary N) is 1. The number of hydrogen-bond acceptors (Lipinski definition) is 8. The zero-order chi connectivity index (χ0) is 27.2. The molecule has 2 aromatic rings. The highest BCUT2D eigenvalue weighted by Crippen LogP contribution is 2.26. The molecule has 0 aliphatic carbocycles. The van der Waals surface area contributed by atoms with Crippen LogP contribution >= 0.6 is 0 Å². The lowest BCUT2D eigenvalue weighted by atomic mass is 10.1. The molecule has 2 heterocycles. The molecule has 1 N–H and O–H groups in total. The molecule has 0 spiro atoms. The average Bonchev–Trinajstić information content (AvgIpc) is 2.84. The van der Waals surface area contributed by atoms with Crippen molar-refractivity contribution in [3.63, 3.8) is 0 Å². The summed E-state index contributed by atoms with van der Waals surface area (Å²) in [6.45, 7) is 11.0. The molecule has 10 nitrogen and oxygen atoms in total. The molecule has 0 radical (unpaired) electrons. The lowest BCUT2D eigenvalue weighted by Gasteiger charge is -2.38. The Morgan fingerprint density at radius 2 is 1.73 bits per heavy atom. The third-order valence-electron chi connectivity index (χ3n) is 5.92. The van der Waals surface area contributed by atoms with E-state index in [-0.39, 0.29) is 17.0 Å². The predicted octanol–water partition coefficient (Wildman–Crippen LogP) is 3.82. The summed E-state index contributed by atoms with van der Waals surface area (Å²) in [5, 5.41) is 3.08. The summed E-state index contributed by atoms with van der Waals surface area (Å²) in [7, 11) is 0.0737. The van der Waals surface area contributed by atoms with Crippen LogP contribution < -0.4 is 5.32 Å². The van der Waals surface area contributed by atoms with E-state index in [1.807, 2.05) is 39.8 Å². The van der Waals surface area contributed by atoms with Crippen LogP contribution in [0.4, 0.5) is 16.4 Å². The SMILES string of the molecule is C=Cc1cnc(Nc2ccc(S(=O)(=O)N(CCN(C)C)C3CCN(C(=O)OC(C)(C)C)CC3)cc2)nc1. The Kier molecular flexibility index (Phi) is 9.27. The summed E-state index contributed by atoms with van der Waals surface area (Å²) in [5.74, 6) is 0.408. The van der Waals surface area contributed by atoms with Gasteiger partial charge in [0.05, 0.1) is 4.90 Å².